The summed E-state index contributed by atoms with van der Waals surface area (Å²) in [5, 5.41) is 5.87. The summed E-state index contributed by atoms with van der Waals surface area (Å²) < 4.78 is 5.58. The van der Waals surface area contributed by atoms with E-state index in [-0.39, 0.29) is 5.89 Å². The average Bonchev–Trinajstić information content (AvgIpc) is 2.50. The van der Waals surface area contributed by atoms with E-state index >= 15 is 0 Å². The molecular weight excluding hydrogens is 250 g/mol. The number of nitrogen functional groups attached to an aromatic ring is 1. The first-order valence-electron chi connectivity index (χ1n) is 3.77. The monoisotopic (exact) mass is 255 g/mol. The molecule has 1 aromatic heterocycles. The minimum Gasteiger partial charge on any atom is -0.399 e. The Bertz CT molecular complexity index is 497. The second-order valence-electron chi connectivity index (χ2n) is 2.69. The van der Waals surface area contributed by atoms with Gasteiger partial charge >= 0.3 is 5.76 Å². The summed E-state index contributed by atoms with van der Waals surface area (Å²) >= 11 is 3.28. The van der Waals surface area contributed by atoms with Gasteiger partial charge in [-0.15, -0.1) is 5.10 Å². The first-order chi connectivity index (χ1) is 6.65. The molecule has 14 heavy (non-hydrogen) atoms. The summed E-state index contributed by atoms with van der Waals surface area (Å²) in [5.74, 6) is -0.360. The van der Waals surface area contributed by atoms with Gasteiger partial charge in [0.25, 0.3) is 0 Å². The van der Waals surface area contributed by atoms with Crippen LogP contribution in [0.25, 0.3) is 11.5 Å². The molecule has 72 valence electrons. The number of hydrogen-bond donors (Lipinski definition) is 2. The number of benzene rings is 1. The summed E-state index contributed by atoms with van der Waals surface area (Å²) in [5.41, 5.74) is 6.83. The molecule has 1 heterocycles. The Balaban J connectivity index is 2.56. The molecule has 3 N–H and O–H groups in total. The van der Waals surface area contributed by atoms with Crippen molar-refractivity contribution in [3.05, 3.63) is 33.2 Å². The third-order valence-electron chi connectivity index (χ3n) is 1.61. The quantitative estimate of drug-likeness (QED) is 0.754. The van der Waals surface area contributed by atoms with Crippen LogP contribution >= 0.6 is 15.9 Å². The summed E-state index contributed by atoms with van der Waals surface area (Å²) in [7, 11) is 0. The molecule has 0 bridgehead atoms. The van der Waals surface area contributed by atoms with Crippen LogP contribution in [0.5, 0.6) is 0 Å². The van der Waals surface area contributed by atoms with Crippen LogP contribution in [0.2, 0.25) is 0 Å². The maximum absolute atomic E-state index is 10.7. The molecule has 0 aliphatic heterocycles. The molecule has 0 amide bonds. The molecule has 0 radical (unpaired) electrons. The molecule has 5 nitrogen and oxygen atoms in total. The Hall–Kier alpha value is -1.56. The van der Waals surface area contributed by atoms with Crippen LogP contribution in [0, 0.1) is 0 Å². The van der Waals surface area contributed by atoms with Crippen molar-refractivity contribution < 1.29 is 4.42 Å². The van der Waals surface area contributed by atoms with Gasteiger partial charge in [0, 0.05) is 15.7 Å². The van der Waals surface area contributed by atoms with Gasteiger partial charge in [-0.05, 0) is 18.2 Å². The molecule has 0 fully saturated rings. The van der Waals surface area contributed by atoms with E-state index in [0.717, 1.165) is 4.47 Å². The number of aromatic amines is 1. The van der Waals surface area contributed by atoms with Crippen LogP contribution < -0.4 is 11.5 Å². The molecule has 0 saturated heterocycles. The third kappa shape index (κ3) is 1.69. The smallest absolute Gasteiger partial charge is 0.399 e. The summed E-state index contributed by atoms with van der Waals surface area (Å²) in [4.78, 5) is 10.7. The molecular formula is C8H6BrN3O2. The second-order valence-corrected chi connectivity index (χ2v) is 3.61. The van der Waals surface area contributed by atoms with E-state index in [0.29, 0.717) is 11.3 Å². The van der Waals surface area contributed by atoms with E-state index < -0.39 is 5.76 Å². The highest BCUT2D eigenvalue weighted by molar-refractivity contribution is 9.10. The van der Waals surface area contributed by atoms with Gasteiger partial charge in [-0.25, -0.2) is 9.89 Å². The van der Waals surface area contributed by atoms with E-state index in [1.807, 2.05) is 0 Å². The lowest BCUT2D eigenvalue weighted by molar-refractivity contribution is 0.527. The fourth-order valence-corrected chi connectivity index (χ4v) is 1.60. The van der Waals surface area contributed by atoms with Crippen molar-refractivity contribution in [2.75, 3.05) is 5.73 Å². The van der Waals surface area contributed by atoms with Crippen molar-refractivity contribution in [2.24, 2.45) is 0 Å². The number of nitrogens with two attached hydrogens (primary N) is 1. The Morgan fingerprint density at radius 1 is 1.43 bits per heavy atom. The second kappa shape index (κ2) is 3.30. The minimum atomic E-state index is -0.585. The lowest BCUT2D eigenvalue weighted by Crippen LogP contribution is -1.93. The maximum atomic E-state index is 10.7. The molecule has 0 aliphatic rings. The van der Waals surface area contributed by atoms with E-state index in [1.165, 1.54) is 0 Å². The van der Waals surface area contributed by atoms with Crippen LogP contribution in [0.15, 0.2) is 31.9 Å². The van der Waals surface area contributed by atoms with Crippen molar-refractivity contribution >= 4 is 21.6 Å². The van der Waals surface area contributed by atoms with Crippen LogP contribution in [-0.2, 0) is 0 Å². The molecule has 0 saturated carbocycles. The summed E-state index contributed by atoms with van der Waals surface area (Å²) in [6.45, 7) is 0. The number of rotatable bonds is 1. The normalized spacial score (nSPS) is 10.4. The largest absolute Gasteiger partial charge is 0.434 e. The van der Waals surface area contributed by atoms with Crippen molar-refractivity contribution in [1.82, 2.24) is 10.2 Å². The predicted molar refractivity (Wildman–Crippen MR) is 54.7 cm³/mol. The zero-order valence-electron chi connectivity index (χ0n) is 6.95. The van der Waals surface area contributed by atoms with Gasteiger partial charge in [-0.3, -0.25) is 0 Å². The zero-order valence-corrected chi connectivity index (χ0v) is 8.54. The Labute approximate surface area is 87.1 Å². The van der Waals surface area contributed by atoms with Crippen LogP contribution in [0.3, 0.4) is 0 Å². The van der Waals surface area contributed by atoms with Gasteiger partial charge in [-0.1, -0.05) is 15.9 Å². The van der Waals surface area contributed by atoms with Crippen molar-refractivity contribution in [3.8, 4) is 11.5 Å². The highest BCUT2D eigenvalue weighted by atomic mass is 79.9. The standard InChI is InChI=1S/C8H6BrN3O2/c9-5-1-4(2-6(10)3-5)7-11-12-8(13)14-7/h1-3H,10H2,(H,12,13). The Morgan fingerprint density at radius 2 is 2.21 bits per heavy atom. The number of nitrogens with one attached hydrogen (secondary N) is 1. The summed E-state index contributed by atoms with van der Waals surface area (Å²) in [6.07, 6.45) is 0. The van der Waals surface area contributed by atoms with E-state index in [1.54, 1.807) is 18.2 Å². The van der Waals surface area contributed by atoms with E-state index in [2.05, 4.69) is 26.1 Å². The number of anilines is 1. The van der Waals surface area contributed by atoms with Crippen molar-refractivity contribution in [1.29, 1.82) is 0 Å². The van der Waals surface area contributed by atoms with Crippen molar-refractivity contribution in [3.63, 3.8) is 0 Å². The molecule has 2 aromatic rings. The Morgan fingerprint density at radius 3 is 2.79 bits per heavy atom. The van der Waals surface area contributed by atoms with E-state index in [4.69, 9.17) is 10.2 Å². The van der Waals surface area contributed by atoms with Gasteiger partial charge in [0.1, 0.15) is 0 Å². The first-order valence-corrected chi connectivity index (χ1v) is 4.56. The molecule has 0 atom stereocenters. The lowest BCUT2D eigenvalue weighted by atomic mass is 10.2. The zero-order chi connectivity index (χ0) is 10.1. The minimum absolute atomic E-state index is 0.225. The third-order valence-corrected chi connectivity index (χ3v) is 2.06. The van der Waals surface area contributed by atoms with Crippen LogP contribution in [0.4, 0.5) is 5.69 Å². The molecule has 0 spiro atoms. The first kappa shape index (κ1) is 9.01. The average molecular weight is 256 g/mol. The van der Waals surface area contributed by atoms with Gasteiger partial charge in [0.2, 0.25) is 5.89 Å². The fourth-order valence-electron chi connectivity index (χ4n) is 1.09. The van der Waals surface area contributed by atoms with Gasteiger partial charge in [0.15, 0.2) is 0 Å². The fraction of sp³-hybridized carbons (Fsp3) is 0. The van der Waals surface area contributed by atoms with Gasteiger partial charge in [0.05, 0.1) is 0 Å². The SMILES string of the molecule is Nc1cc(Br)cc(-c2n[nH]c(=O)o2)c1. The number of H-pyrrole nitrogens is 1. The predicted octanol–water partition coefficient (Wildman–Crippen LogP) is 1.37. The maximum Gasteiger partial charge on any atom is 0.434 e. The molecule has 0 aliphatic carbocycles. The Kier molecular flexibility index (Phi) is 2.12. The van der Waals surface area contributed by atoms with Gasteiger partial charge < -0.3 is 10.2 Å². The van der Waals surface area contributed by atoms with E-state index in [9.17, 15) is 4.79 Å². The molecule has 1 aromatic carbocycles. The summed E-state index contributed by atoms with van der Waals surface area (Å²) in [6, 6.07) is 5.17. The van der Waals surface area contributed by atoms with Gasteiger partial charge in [-0.2, -0.15) is 0 Å². The molecule has 2 rings (SSSR count). The number of aromatic nitrogens is 2. The number of nitrogens with zero attached hydrogens (tertiary/aromatic N) is 1. The molecule has 0 unspecified atom stereocenters. The number of halogens is 1. The van der Waals surface area contributed by atoms with Crippen LogP contribution in [0.1, 0.15) is 0 Å². The topological polar surface area (TPSA) is 84.9 Å². The number of hydrogen-bond acceptors (Lipinski definition) is 4. The van der Waals surface area contributed by atoms with Crippen molar-refractivity contribution in [2.45, 2.75) is 0 Å². The van der Waals surface area contributed by atoms with Crippen LogP contribution in [-0.4, -0.2) is 10.2 Å². The highest BCUT2D eigenvalue weighted by Gasteiger charge is 2.06. The molecule has 6 heteroatoms. The lowest BCUT2D eigenvalue weighted by Gasteiger charge is -1.98. The highest BCUT2D eigenvalue weighted by Crippen LogP contribution is 2.23.